The smallest absolute Gasteiger partial charge is 0.236 e. The third-order valence-corrected chi connectivity index (χ3v) is 3.39. The maximum absolute atomic E-state index is 11.2. The second-order valence-corrected chi connectivity index (χ2v) is 5.55. The van der Waals surface area contributed by atoms with E-state index in [1.807, 2.05) is 29.4 Å². The van der Waals surface area contributed by atoms with Gasteiger partial charge in [-0.05, 0) is 24.3 Å². The number of primary amides is 1. The molecule has 2 N–H and O–H groups in total. The minimum absolute atomic E-state index is 0.130. The zero-order chi connectivity index (χ0) is 14.4. The largest absolute Gasteiger partial charge is 0.368 e. The average Bonchev–Trinajstić information content (AvgIpc) is 2.35. The van der Waals surface area contributed by atoms with Crippen molar-refractivity contribution in [2.24, 2.45) is 11.7 Å². The fourth-order valence-corrected chi connectivity index (χ4v) is 2.51. The van der Waals surface area contributed by atoms with Crippen molar-refractivity contribution >= 4 is 23.4 Å². The zero-order valence-electron chi connectivity index (χ0n) is 11.5. The van der Waals surface area contributed by atoms with E-state index in [9.17, 15) is 10.1 Å². The van der Waals surface area contributed by atoms with E-state index < -0.39 is 0 Å². The number of rotatable bonds is 6. The van der Waals surface area contributed by atoms with E-state index in [2.05, 4.69) is 19.9 Å². The molecule has 4 nitrogen and oxygen atoms in total. The lowest BCUT2D eigenvalue weighted by atomic mass is 10.1. The molecule has 1 rings (SSSR count). The Morgan fingerprint density at radius 1 is 1.53 bits per heavy atom. The monoisotopic (exact) mass is 277 g/mol. The summed E-state index contributed by atoms with van der Waals surface area (Å²) >= 11 is 1.52. The van der Waals surface area contributed by atoms with Gasteiger partial charge in [-0.2, -0.15) is 5.26 Å². The number of amides is 1. The molecule has 0 radical (unpaired) electrons. The normalized spacial score (nSPS) is 10.3. The van der Waals surface area contributed by atoms with E-state index in [0.29, 0.717) is 18.0 Å². The Kier molecular flexibility index (Phi) is 5.71. The molecule has 5 heteroatoms. The highest BCUT2D eigenvalue weighted by molar-refractivity contribution is 7.98. The van der Waals surface area contributed by atoms with Gasteiger partial charge in [-0.25, -0.2) is 0 Å². The zero-order valence-corrected chi connectivity index (χ0v) is 12.3. The van der Waals surface area contributed by atoms with Crippen LogP contribution >= 0.6 is 11.8 Å². The van der Waals surface area contributed by atoms with Crippen molar-refractivity contribution in [3.05, 3.63) is 23.8 Å². The van der Waals surface area contributed by atoms with Gasteiger partial charge in [0.1, 0.15) is 6.07 Å². The molecular weight excluding hydrogens is 258 g/mol. The SMILES string of the molecule is CSc1cccc(N(CC(N)=O)CC(C)C)c1C#N. The van der Waals surface area contributed by atoms with Crippen LogP contribution in [0.5, 0.6) is 0 Å². The van der Waals surface area contributed by atoms with E-state index >= 15 is 0 Å². The third kappa shape index (κ3) is 4.18. The highest BCUT2D eigenvalue weighted by Crippen LogP contribution is 2.29. The first-order valence-electron chi connectivity index (χ1n) is 6.10. The number of carbonyl (C=O) groups excluding carboxylic acids is 1. The molecule has 0 bridgehead atoms. The first-order chi connectivity index (χ1) is 8.99. The Morgan fingerprint density at radius 3 is 2.68 bits per heavy atom. The topological polar surface area (TPSA) is 70.1 Å². The van der Waals surface area contributed by atoms with Crippen LogP contribution in [0.25, 0.3) is 0 Å². The van der Waals surface area contributed by atoms with Crippen molar-refractivity contribution < 1.29 is 4.79 Å². The van der Waals surface area contributed by atoms with Crippen LogP contribution in [-0.2, 0) is 4.79 Å². The van der Waals surface area contributed by atoms with Gasteiger partial charge in [-0.3, -0.25) is 4.79 Å². The van der Waals surface area contributed by atoms with Gasteiger partial charge in [-0.1, -0.05) is 19.9 Å². The number of nitriles is 1. The highest BCUT2D eigenvalue weighted by Gasteiger charge is 2.16. The molecule has 0 unspecified atom stereocenters. The van der Waals surface area contributed by atoms with Crippen LogP contribution in [0.15, 0.2) is 23.1 Å². The standard InChI is InChI=1S/C14H19N3OS/c1-10(2)8-17(9-14(16)18)12-5-4-6-13(19-3)11(12)7-15/h4-6,10H,8-9H2,1-3H3,(H2,16,18). The van der Waals surface area contributed by atoms with Crippen LogP contribution < -0.4 is 10.6 Å². The molecule has 1 aromatic rings. The molecule has 1 aromatic carbocycles. The van der Waals surface area contributed by atoms with E-state index in [-0.39, 0.29) is 12.5 Å². The van der Waals surface area contributed by atoms with Gasteiger partial charge in [-0.15, -0.1) is 11.8 Å². The first kappa shape index (κ1) is 15.4. The molecule has 0 aliphatic carbocycles. The summed E-state index contributed by atoms with van der Waals surface area (Å²) in [5.41, 5.74) is 6.69. The summed E-state index contributed by atoms with van der Waals surface area (Å²) in [6.45, 7) is 4.96. The maximum Gasteiger partial charge on any atom is 0.236 e. The Morgan fingerprint density at radius 2 is 2.21 bits per heavy atom. The number of hydrogen-bond acceptors (Lipinski definition) is 4. The van der Waals surface area contributed by atoms with Crippen LogP contribution in [0, 0.1) is 17.2 Å². The average molecular weight is 277 g/mol. The van der Waals surface area contributed by atoms with Crippen LogP contribution in [0.3, 0.4) is 0 Å². The highest BCUT2D eigenvalue weighted by atomic mass is 32.2. The second kappa shape index (κ2) is 7.05. The van der Waals surface area contributed by atoms with Crippen molar-refractivity contribution in [2.75, 3.05) is 24.2 Å². The minimum Gasteiger partial charge on any atom is -0.368 e. The van der Waals surface area contributed by atoms with E-state index in [1.165, 1.54) is 11.8 Å². The summed E-state index contributed by atoms with van der Waals surface area (Å²) in [5.74, 6) is -0.0112. The van der Waals surface area contributed by atoms with Gasteiger partial charge in [0.05, 0.1) is 17.8 Å². The lowest BCUT2D eigenvalue weighted by molar-refractivity contribution is -0.116. The molecule has 0 fully saturated rings. The number of thioether (sulfide) groups is 1. The van der Waals surface area contributed by atoms with E-state index in [4.69, 9.17) is 5.73 Å². The lowest BCUT2D eigenvalue weighted by Crippen LogP contribution is -2.36. The Hall–Kier alpha value is -1.67. The Labute approximate surface area is 118 Å². The predicted molar refractivity (Wildman–Crippen MR) is 79.2 cm³/mol. The van der Waals surface area contributed by atoms with Gasteiger partial charge in [0.2, 0.25) is 5.91 Å². The molecule has 0 heterocycles. The van der Waals surface area contributed by atoms with Crippen LogP contribution in [0.1, 0.15) is 19.4 Å². The maximum atomic E-state index is 11.2. The van der Waals surface area contributed by atoms with Crippen molar-refractivity contribution in [2.45, 2.75) is 18.7 Å². The molecule has 102 valence electrons. The molecule has 0 aliphatic rings. The van der Waals surface area contributed by atoms with Crippen molar-refractivity contribution in [3.63, 3.8) is 0 Å². The van der Waals surface area contributed by atoms with Gasteiger partial charge in [0.15, 0.2) is 0 Å². The van der Waals surface area contributed by atoms with Crippen molar-refractivity contribution in [1.29, 1.82) is 5.26 Å². The van der Waals surface area contributed by atoms with Gasteiger partial charge in [0.25, 0.3) is 0 Å². The van der Waals surface area contributed by atoms with Gasteiger partial charge in [0, 0.05) is 11.4 Å². The third-order valence-electron chi connectivity index (χ3n) is 2.61. The number of nitrogens with zero attached hydrogens (tertiary/aromatic N) is 2. The summed E-state index contributed by atoms with van der Waals surface area (Å²) in [4.78, 5) is 14.0. The molecule has 1 amide bonds. The van der Waals surface area contributed by atoms with Crippen molar-refractivity contribution in [1.82, 2.24) is 0 Å². The number of anilines is 1. The summed E-state index contributed by atoms with van der Waals surface area (Å²) in [6, 6.07) is 7.90. The summed E-state index contributed by atoms with van der Waals surface area (Å²) in [7, 11) is 0. The number of carbonyl (C=O) groups is 1. The van der Waals surface area contributed by atoms with Gasteiger partial charge < -0.3 is 10.6 Å². The summed E-state index contributed by atoms with van der Waals surface area (Å²) in [5, 5.41) is 9.34. The molecule has 0 spiro atoms. The molecule has 0 saturated carbocycles. The van der Waals surface area contributed by atoms with Crippen LogP contribution in [0.2, 0.25) is 0 Å². The molecule has 0 atom stereocenters. The molecule has 19 heavy (non-hydrogen) atoms. The van der Waals surface area contributed by atoms with Crippen LogP contribution in [0.4, 0.5) is 5.69 Å². The molecule has 0 aromatic heterocycles. The fourth-order valence-electron chi connectivity index (χ4n) is 1.94. The fraction of sp³-hybridized carbons (Fsp3) is 0.429. The van der Waals surface area contributed by atoms with Crippen LogP contribution in [-0.4, -0.2) is 25.3 Å². The predicted octanol–water partition coefficient (Wildman–Crippen LogP) is 2.23. The minimum atomic E-state index is -0.390. The molecule has 0 saturated heterocycles. The number of benzene rings is 1. The summed E-state index contributed by atoms with van der Waals surface area (Å²) < 4.78 is 0. The van der Waals surface area contributed by atoms with E-state index in [0.717, 1.165) is 10.6 Å². The lowest BCUT2D eigenvalue weighted by Gasteiger charge is -2.26. The number of hydrogen-bond donors (Lipinski definition) is 1. The second-order valence-electron chi connectivity index (χ2n) is 4.71. The van der Waals surface area contributed by atoms with Crippen molar-refractivity contribution in [3.8, 4) is 6.07 Å². The molecular formula is C14H19N3OS. The summed E-state index contributed by atoms with van der Waals surface area (Å²) in [6.07, 6.45) is 1.93. The Bertz CT molecular complexity index is 494. The molecule has 0 aliphatic heterocycles. The Balaban J connectivity index is 3.21. The van der Waals surface area contributed by atoms with E-state index in [1.54, 1.807) is 0 Å². The quantitative estimate of drug-likeness (QED) is 0.809. The number of nitrogens with two attached hydrogens (primary N) is 1. The van der Waals surface area contributed by atoms with Gasteiger partial charge >= 0.3 is 0 Å². The first-order valence-corrected chi connectivity index (χ1v) is 7.32.